The zero-order valence-corrected chi connectivity index (χ0v) is 15.8. The smallest absolute Gasteiger partial charge is 0.306 e. The third-order valence-electron chi connectivity index (χ3n) is 6.09. The molecular weight excluding hydrogens is 360 g/mol. The second-order valence-electron chi connectivity index (χ2n) is 7.92. The summed E-state index contributed by atoms with van der Waals surface area (Å²) in [5.41, 5.74) is 4.69. The van der Waals surface area contributed by atoms with Crippen molar-refractivity contribution in [3.8, 4) is 0 Å². The Morgan fingerprint density at radius 2 is 2.00 bits per heavy atom. The highest BCUT2D eigenvalue weighted by molar-refractivity contribution is 5.85. The van der Waals surface area contributed by atoms with Crippen LogP contribution in [0.2, 0.25) is 0 Å². The van der Waals surface area contributed by atoms with Crippen molar-refractivity contribution in [2.75, 3.05) is 13.2 Å². The summed E-state index contributed by atoms with van der Waals surface area (Å²) >= 11 is 0. The Morgan fingerprint density at radius 3 is 2.68 bits per heavy atom. The summed E-state index contributed by atoms with van der Waals surface area (Å²) in [6, 6.07) is 9.88. The SMILES string of the molecule is CC1C2C(=O)N(Cc3ccccc3)CC23C=CC1(COC(=O)CCC(N)=O)O3. The van der Waals surface area contributed by atoms with Crippen molar-refractivity contribution in [2.45, 2.75) is 37.5 Å². The second kappa shape index (κ2) is 6.74. The Kier molecular flexibility index (Phi) is 4.50. The molecule has 0 aromatic heterocycles. The molecule has 4 atom stereocenters. The van der Waals surface area contributed by atoms with E-state index in [9.17, 15) is 14.4 Å². The van der Waals surface area contributed by atoms with Gasteiger partial charge in [-0.05, 0) is 5.56 Å². The Bertz CT molecular complexity index is 838. The van der Waals surface area contributed by atoms with Crippen molar-refractivity contribution in [2.24, 2.45) is 17.6 Å². The van der Waals surface area contributed by atoms with Gasteiger partial charge >= 0.3 is 5.97 Å². The van der Waals surface area contributed by atoms with Crippen molar-refractivity contribution in [3.05, 3.63) is 48.0 Å². The van der Waals surface area contributed by atoms with Gasteiger partial charge in [-0.2, -0.15) is 0 Å². The van der Waals surface area contributed by atoms with E-state index in [1.54, 1.807) is 0 Å². The number of benzene rings is 1. The Labute approximate surface area is 163 Å². The maximum Gasteiger partial charge on any atom is 0.306 e. The van der Waals surface area contributed by atoms with Gasteiger partial charge in [-0.25, -0.2) is 0 Å². The summed E-state index contributed by atoms with van der Waals surface area (Å²) in [6.45, 7) is 3.05. The van der Waals surface area contributed by atoms with Gasteiger partial charge in [0, 0.05) is 18.9 Å². The third-order valence-corrected chi connectivity index (χ3v) is 6.09. The molecule has 1 aromatic rings. The minimum atomic E-state index is -0.790. The predicted molar refractivity (Wildman–Crippen MR) is 99.6 cm³/mol. The summed E-state index contributed by atoms with van der Waals surface area (Å²) in [6.07, 6.45) is 3.78. The summed E-state index contributed by atoms with van der Waals surface area (Å²) < 4.78 is 11.7. The number of ether oxygens (including phenoxy) is 2. The van der Waals surface area contributed by atoms with Gasteiger partial charge in [0.05, 0.1) is 18.9 Å². The first kappa shape index (κ1) is 18.7. The van der Waals surface area contributed by atoms with Crippen LogP contribution in [0.3, 0.4) is 0 Å². The fourth-order valence-corrected chi connectivity index (χ4v) is 4.64. The lowest BCUT2D eigenvalue weighted by molar-refractivity contribution is -0.154. The number of rotatable bonds is 7. The van der Waals surface area contributed by atoms with E-state index in [0.29, 0.717) is 13.1 Å². The number of nitrogens with two attached hydrogens (primary N) is 1. The summed E-state index contributed by atoms with van der Waals surface area (Å²) in [7, 11) is 0. The standard InChI is InChI=1S/C21H24N2O5/c1-14-18-19(26)23(11-15-5-3-2-4-6-15)12-20(18)9-10-21(14,28-20)13-27-17(25)8-7-16(22)24/h2-6,9-10,14,18H,7-8,11-13H2,1H3,(H2,22,24). The van der Waals surface area contributed by atoms with E-state index in [-0.39, 0.29) is 37.2 Å². The molecule has 0 aliphatic carbocycles. The Morgan fingerprint density at radius 1 is 1.25 bits per heavy atom. The minimum Gasteiger partial charge on any atom is -0.462 e. The van der Waals surface area contributed by atoms with Gasteiger partial charge in [-0.1, -0.05) is 49.4 Å². The third kappa shape index (κ3) is 2.99. The molecule has 148 valence electrons. The first-order valence-electron chi connectivity index (χ1n) is 9.52. The van der Waals surface area contributed by atoms with Gasteiger partial charge in [-0.3, -0.25) is 14.4 Å². The molecular formula is C21H24N2O5. The van der Waals surface area contributed by atoms with Crippen LogP contribution in [-0.2, 0) is 30.4 Å². The predicted octanol–water partition coefficient (Wildman–Crippen LogP) is 1.17. The molecule has 2 bridgehead atoms. The molecule has 2 fully saturated rings. The molecule has 0 saturated carbocycles. The molecule has 28 heavy (non-hydrogen) atoms. The molecule has 2 saturated heterocycles. The van der Waals surface area contributed by atoms with Gasteiger partial charge < -0.3 is 20.1 Å². The molecule has 7 nitrogen and oxygen atoms in total. The Balaban J connectivity index is 1.43. The van der Waals surface area contributed by atoms with Crippen LogP contribution in [-0.4, -0.2) is 47.0 Å². The molecule has 0 radical (unpaired) electrons. The van der Waals surface area contributed by atoms with Crippen LogP contribution in [0.5, 0.6) is 0 Å². The van der Waals surface area contributed by atoms with Crippen LogP contribution >= 0.6 is 0 Å². The molecule has 7 heteroatoms. The van der Waals surface area contributed by atoms with Crippen LogP contribution in [0.4, 0.5) is 0 Å². The highest BCUT2D eigenvalue weighted by atomic mass is 16.6. The average molecular weight is 384 g/mol. The summed E-state index contributed by atoms with van der Waals surface area (Å²) in [5, 5.41) is 0. The normalized spacial score (nSPS) is 32.6. The minimum absolute atomic E-state index is 0.0342. The first-order chi connectivity index (χ1) is 13.4. The second-order valence-corrected chi connectivity index (χ2v) is 7.92. The van der Waals surface area contributed by atoms with E-state index < -0.39 is 23.1 Å². The van der Waals surface area contributed by atoms with E-state index in [2.05, 4.69) is 0 Å². The van der Waals surface area contributed by atoms with Crippen molar-refractivity contribution >= 4 is 17.8 Å². The number of amides is 2. The number of likely N-dealkylation sites (tertiary alicyclic amines) is 1. The van der Waals surface area contributed by atoms with Crippen LogP contribution in [0.1, 0.15) is 25.3 Å². The monoisotopic (exact) mass is 384 g/mol. The zero-order valence-electron chi connectivity index (χ0n) is 15.8. The fourth-order valence-electron chi connectivity index (χ4n) is 4.64. The average Bonchev–Trinajstić information content (AvgIpc) is 3.25. The molecule has 2 N–H and O–H groups in total. The number of carbonyl (C=O) groups is 3. The van der Waals surface area contributed by atoms with Crippen molar-refractivity contribution in [3.63, 3.8) is 0 Å². The molecule has 3 aliphatic heterocycles. The van der Waals surface area contributed by atoms with E-state index in [4.69, 9.17) is 15.2 Å². The van der Waals surface area contributed by atoms with Gasteiger partial charge in [0.15, 0.2) is 0 Å². The maximum absolute atomic E-state index is 13.1. The molecule has 2 amide bonds. The van der Waals surface area contributed by atoms with Gasteiger partial charge in [0.1, 0.15) is 17.8 Å². The zero-order chi connectivity index (χ0) is 19.9. The fraction of sp³-hybridized carbons (Fsp3) is 0.476. The highest BCUT2D eigenvalue weighted by Gasteiger charge is 2.69. The van der Waals surface area contributed by atoms with Gasteiger partial charge in [0.2, 0.25) is 11.8 Å². The van der Waals surface area contributed by atoms with Crippen molar-refractivity contribution < 1.29 is 23.9 Å². The highest BCUT2D eigenvalue weighted by Crippen LogP contribution is 2.57. The number of primary amides is 1. The quantitative estimate of drug-likeness (QED) is 0.562. The molecule has 1 aromatic carbocycles. The molecule has 4 unspecified atom stereocenters. The van der Waals surface area contributed by atoms with Crippen LogP contribution in [0, 0.1) is 11.8 Å². The van der Waals surface area contributed by atoms with E-state index >= 15 is 0 Å². The lowest BCUT2D eigenvalue weighted by atomic mass is 9.73. The van der Waals surface area contributed by atoms with E-state index in [0.717, 1.165) is 5.56 Å². The van der Waals surface area contributed by atoms with Crippen LogP contribution in [0.25, 0.3) is 0 Å². The lowest BCUT2D eigenvalue weighted by Crippen LogP contribution is -2.42. The number of nitrogens with zero attached hydrogens (tertiary/aromatic N) is 1. The molecule has 3 heterocycles. The number of carbonyl (C=O) groups excluding carboxylic acids is 3. The van der Waals surface area contributed by atoms with Crippen LogP contribution in [0.15, 0.2) is 42.5 Å². The lowest BCUT2D eigenvalue weighted by Gasteiger charge is -2.30. The van der Waals surface area contributed by atoms with Gasteiger partial charge in [0.25, 0.3) is 0 Å². The van der Waals surface area contributed by atoms with E-state index in [1.165, 1.54) is 0 Å². The number of hydrogen-bond donors (Lipinski definition) is 1. The Hall–Kier alpha value is -2.67. The van der Waals surface area contributed by atoms with E-state index in [1.807, 2.05) is 54.3 Å². The summed E-state index contributed by atoms with van der Waals surface area (Å²) in [5.74, 6) is -1.37. The number of esters is 1. The molecule has 3 aliphatic rings. The van der Waals surface area contributed by atoms with Crippen LogP contribution < -0.4 is 5.73 Å². The maximum atomic E-state index is 13.1. The van der Waals surface area contributed by atoms with Gasteiger partial charge in [-0.15, -0.1) is 0 Å². The van der Waals surface area contributed by atoms with Crippen molar-refractivity contribution in [1.82, 2.24) is 4.90 Å². The topological polar surface area (TPSA) is 98.9 Å². The molecule has 1 spiro atoms. The van der Waals surface area contributed by atoms with Crippen molar-refractivity contribution in [1.29, 1.82) is 0 Å². The summed E-state index contributed by atoms with van der Waals surface area (Å²) in [4.78, 5) is 37.6. The molecule has 4 rings (SSSR count). The number of fused-ring (bicyclic) bond motifs is 1. The number of hydrogen-bond acceptors (Lipinski definition) is 5. The largest absolute Gasteiger partial charge is 0.462 e. The first-order valence-corrected chi connectivity index (χ1v) is 9.52.